The molecule has 0 radical (unpaired) electrons. The molecule has 0 fully saturated rings. The van der Waals surface area contributed by atoms with Gasteiger partial charge in [-0.15, -0.1) is 0 Å². The van der Waals surface area contributed by atoms with E-state index in [-0.39, 0.29) is 5.69 Å². The van der Waals surface area contributed by atoms with E-state index >= 15 is 0 Å². The van der Waals surface area contributed by atoms with Crippen LogP contribution in [0, 0.1) is 10.1 Å². The summed E-state index contributed by atoms with van der Waals surface area (Å²) in [5.41, 5.74) is 2.15. The molecule has 21 heavy (non-hydrogen) atoms. The van der Waals surface area contributed by atoms with Crippen molar-refractivity contribution in [1.29, 1.82) is 0 Å². The average Bonchev–Trinajstić information content (AvgIpc) is 2.89. The lowest BCUT2D eigenvalue weighted by Gasteiger charge is -2.08. The highest BCUT2D eigenvalue weighted by Crippen LogP contribution is 2.31. The number of rotatable bonds is 4. The summed E-state index contributed by atoms with van der Waals surface area (Å²) in [7, 11) is 1.50. The number of methoxy groups -OCH3 is 1. The number of aromatic amines is 1. The van der Waals surface area contributed by atoms with Crippen LogP contribution < -0.4 is 10.1 Å². The highest BCUT2D eigenvalue weighted by atomic mass is 16.6. The lowest BCUT2D eigenvalue weighted by molar-refractivity contribution is -0.384. The van der Waals surface area contributed by atoms with Crippen molar-refractivity contribution in [2.75, 3.05) is 12.4 Å². The summed E-state index contributed by atoms with van der Waals surface area (Å²) in [5.74, 6) is 0.996. The molecule has 0 saturated heterocycles. The summed E-state index contributed by atoms with van der Waals surface area (Å²) >= 11 is 0. The average molecular weight is 284 g/mol. The van der Waals surface area contributed by atoms with E-state index in [1.165, 1.54) is 19.2 Å². The number of nitrogens with one attached hydrogen (secondary N) is 2. The maximum atomic E-state index is 10.9. The van der Waals surface area contributed by atoms with Gasteiger partial charge < -0.3 is 15.0 Å². The minimum Gasteiger partial charge on any atom is -0.495 e. The SMILES string of the molecule is COc1ccc([N+](=O)[O-])cc1Nc1nc2ccccc2[nH]1. The first kappa shape index (κ1) is 12.9. The van der Waals surface area contributed by atoms with Crippen LogP contribution in [0.5, 0.6) is 5.75 Å². The Morgan fingerprint density at radius 1 is 1.29 bits per heavy atom. The smallest absolute Gasteiger partial charge is 0.271 e. The molecule has 1 heterocycles. The number of para-hydroxylation sites is 2. The minimum absolute atomic E-state index is 0.0191. The third-order valence-corrected chi connectivity index (χ3v) is 3.04. The van der Waals surface area contributed by atoms with Crippen molar-refractivity contribution in [1.82, 2.24) is 9.97 Å². The zero-order valence-electron chi connectivity index (χ0n) is 11.2. The summed E-state index contributed by atoms with van der Waals surface area (Å²) < 4.78 is 5.20. The molecule has 0 unspecified atom stereocenters. The first-order valence-electron chi connectivity index (χ1n) is 6.21. The summed E-state index contributed by atoms with van der Waals surface area (Å²) in [5, 5.41) is 13.9. The number of nitro groups is 1. The highest BCUT2D eigenvalue weighted by Gasteiger charge is 2.12. The van der Waals surface area contributed by atoms with Crippen molar-refractivity contribution in [3.05, 3.63) is 52.6 Å². The Labute approximate surface area is 119 Å². The molecule has 0 aliphatic rings. The number of ether oxygens (including phenoxy) is 1. The van der Waals surface area contributed by atoms with Crippen LogP contribution in [0.3, 0.4) is 0 Å². The number of H-pyrrole nitrogens is 1. The molecule has 2 aromatic carbocycles. The van der Waals surface area contributed by atoms with Gasteiger partial charge in [-0.3, -0.25) is 10.1 Å². The van der Waals surface area contributed by atoms with Gasteiger partial charge in [0.15, 0.2) is 0 Å². The molecule has 0 amide bonds. The Bertz CT molecular complexity index is 780. The first-order valence-corrected chi connectivity index (χ1v) is 6.21. The van der Waals surface area contributed by atoms with E-state index in [1.54, 1.807) is 6.07 Å². The molecule has 0 aliphatic heterocycles. The first-order chi connectivity index (χ1) is 10.2. The second-order valence-electron chi connectivity index (χ2n) is 4.37. The predicted molar refractivity (Wildman–Crippen MR) is 79.0 cm³/mol. The summed E-state index contributed by atoms with van der Waals surface area (Å²) in [4.78, 5) is 17.9. The van der Waals surface area contributed by atoms with E-state index in [4.69, 9.17) is 4.74 Å². The van der Waals surface area contributed by atoms with Gasteiger partial charge in [0.25, 0.3) is 5.69 Å². The van der Waals surface area contributed by atoms with Crippen LogP contribution in [-0.2, 0) is 0 Å². The van der Waals surface area contributed by atoms with E-state index in [2.05, 4.69) is 15.3 Å². The van der Waals surface area contributed by atoms with Crippen LogP contribution in [0.25, 0.3) is 11.0 Å². The third kappa shape index (κ3) is 2.48. The molecule has 0 bridgehead atoms. The van der Waals surface area contributed by atoms with E-state index in [0.29, 0.717) is 17.4 Å². The van der Waals surface area contributed by atoms with Crippen molar-refractivity contribution < 1.29 is 9.66 Å². The van der Waals surface area contributed by atoms with Crippen molar-refractivity contribution in [3.63, 3.8) is 0 Å². The number of nitrogens with zero attached hydrogens (tertiary/aromatic N) is 2. The number of aromatic nitrogens is 2. The fraction of sp³-hybridized carbons (Fsp3) is 0.0714. The number of anilines is 2. The van der Waals surface area contributed by atoms with E-state index in [0.717, 1.165) is 11.0 Å². The molecular weight excluding hydrogens is 272 g/mol. The van der Waals surface area contributed by atoms with E-state index < -0.39 is 4.92 Å². The molecule has 0 spiro atoms. The predicted octanol–water partition coefficient (Wildman–Crippen LogP) is 3.22. The molecule has 3 aromatic rings. The molecule has 2 N–H and O–H groups in total. The number of hydrogen-bond donors (Lipinski definition) is 2. The zero-order valence-corrected chi connectivity index (χ0v) is 11.2. The number of benzene rings is 2. The number of fused-ring (bicyclic) bond motifs is 1. The maximum Gasteiger partial charge on any atom is 0.271 e. The molecule has 0 saturated carbocycles. The number of non-ortho nitro benzene ring substituents is 1. The minimum atomic E-state index is -0.455. The standard InChI is InChI=1S/C14H12N4O3/c1-21-13-7-6-9(18(19)20)8-12(13)17-14-15-10-4-2-3-5-11(10)16-14/h2-8H,1H3,(H2,15,16,17). The van der Waals surface area contributed by atoms with Gasteiger partial charge in [-0.05, 0) is 18.2 Å². The highest BCUT2D eigenvalue weighted by molar-refractivity contribution is 5.79. The van der Waals surface area contributed by atoms with Crippen molar-refractivity contribution in [2.45, 2.75) is 0 Å². The molecule has 1 aromatic heterocycles. The lowest BCUT2D eigenvalue weighted by atomic mass is 10.2. The maximum absolute atomic E-state index is 10.9. The van der Waals surface area contributed by atoms with Gasteiger partial charge in [0.2, 0.25) is 5.95 Å². The second kappa shape index (κ2) is 5.12. The van der Waals surface area contributed by atoms with Crippen molar-refractivity contribution in [3.8, 4) is 5.75 Å². The molecule has 7 nitrogen and oxygen atoms in total. The van der Waals surface area contributed by atoms with E-state index in [9.17, 15) is 10.1 Å². The molecule has 3 rings (SSSR count). The Balaban J connectivity index is 1.99. The third-order valence-electron chi connectivity index (χ3n) is 3.04. The monoisotopic (exact) mass is 284 g/mol. The van der Waals surface area contributed by atoms with Crippen molar-refractivity contribution >= 4 is 28.4 Å². The molecule has 106 valence electrons. The van der Waals surface area contributed by atoms with Gasteiger partial charge in [-0.2, -0.15) is 0 Å². The summed E-state index contributed by atoms with van der Waals surface area (Å²) in [6.07, 6.45) is 0. The molecule has 0 atom stereocenters. The Morgan fingerprint density at radius 2 is 2.10 bits per heavy atom. The lowest BCUT2D eigenvalue weighted by Crippen LogP contribution is -1.98. The Kier molecular flexibility index (Phi) is 3.15. The number of imidazole rings is 1. The van der Waals surface area contributed by atoms with E-state index in [1.807, 2.05) is 24.3 Å². The molecule has 0 aliphatic carbocycles. The van der Waals surface area contributed by atoms with Gasteiger partial charge in [0.1, 0.15) is 5.75 Å². The van der Waals surface area contributed by atoms with Gasteiger partial charge in [0, 0.05) is 12.1 Å². The van der Waals surface area contributed by atoms with Crippen LogP contribution in [0.1, 0.15) is 0 Å². The fourth-order valence-corrected chi connectivity index (χ4v) is 2.05. The fourth-order valence-electron chi connectivity index (χ4n) is 2.05. The Hall–Kier alpha value is -3.09. The van der Waals surface area contributed by atoms with Gasteiger partial charge >= 0.3 is 0 Å². The zero-order chi connectivity index (χ0) is 14.8. The summed E-state index contributed by atoms with van der Waals surface area (Å²) in [6, 6.07) is 11.9. The van der Waals surface area contributed by atoms with Crippen LogP contribution in [0.4, 0.5) is 17.3 Å². The van der Waals surface area contributed by atoms with Crippen LogP contribution in [0.2, 0.25) is 0 Å². The summed E-state index contributed by atoms with van der Waals surface area (Å²) in [6.45, 7) is 0. The van der Waals surface area contributed by atoms with Gasteiger partial charge in [-0.25, -0.2) is 4.98 Å². The van der Waals surface area contributed by atoms with Crippen molar-refractivity contribution in [2.24, 2.45) is 0 Å². The van der Waals surface area contributed by atoms with Crippen LogP contribution >= 0.6 is 0 Å². The molecule has 7 heteroatoms. The normalized spacial score (nSPS) is 10.5. The second-order valence-corrected chi connectivity index (χ2v) is 4.37. The van der Waals surface area contributed by atoms with Gasteiger partial charge in [-0.1, -0.05) is 12.1 Å². The largest absolute Gasteiger partial charge is 0.495 e. The Morgan fingerprint density at radius 3 is 2.81 bits per heavy atom. The number of nitro benzene ring substituents is 1. The van der Waals surface area contributed by atoms with Crippen LogP contribution in [0.15, 0.2) is 42.5 Å². The quantitative estimate of drug-likeness (QED) is 0.566. The molecular formula is C14H12N4O3. The van der Waals surface area contributed by atoms with Crippen LogP contribution in [-0.4, -0.2) is 22.0 Å². The topological polar surface area (TPSA) is 93.1 Å². The van der Waals surface area contributed by atoms with Gasteiger partial charge in [0.05, 0.1) is 28.8 Å². The number of hydrogen-bond acceptors (Lipinski definition) is 5.